The van der Waals surface area contributed by atoms with Crippen molar-refractivity contribution >= 4 is 23.1 Å². The lowest BCUT2D eigenvalue weighted by Crippen LogP contribution is -2.08. The van der Waals surface area contributed by atoms with Crippen LogP contribution in [0.1, 0.15) is 40.2 Å². The number of hydrogen-bond acceptors (Lipinski definition) is 7. The Morgan fingerprint density at radius 1 is 1.15 bits per heavy atom. The predicted molar refractivity (Wildman–Crippen MR) is 96.9 cm³/mol. The number of ketones is 1. The maximum absolute atomic E-state index is 12.2. The van der Waals surface area contributed by atoms with E-state index < -0.39 is 5.97 Å². The summed E-state index contributed by atoms with van der Waals surface area (Å²) in [6, 6.07) is 7.40. The second-order valence-corrected chi connectivity index (χ2v) is 6.69. The Morgan fingerprint density at radius 3 is 2.73 bits per heavy atom. The summed E-state index contributed by atoms with van der Waals surface area (Å²) in [5, 5.41) is 7.66. The molecule has 26 heavy (non-hydrogen) atoms. The van der Waals surface area contributed by atoms with Gasteiger partial charge in [0.1, 0.15) is 0 Å². The highest BCUT2D eigenvalue weighted by Gasteiger charge is 2.14. The number of hydrogen-bond donors (Lipinski definition) is 0. The molecule has 3 aromatic rings. The van der Waals surface area contributed by atoms with Gasteiger partial charge in [-0.3, -0.25) is 9.59 Å². The summed E-state index contributed by atoms with van der Waals surface area (Å²) in [5.41, 5.74) is 3.65. The van der Waals surface area contributed by atoms with Crippen molar-refractivity contribution in [2.75, 3.05) is 0 Å². The Morgan fingerprint density at radius 2 is 2.00 bits per heavy atom. The number of rotatable bonds is 7. The molecule has 3 rings (SSSR count). The van der Waals surface area contributed by atoms with E-state index in [1.54, 1.807) is 6.07 Å². The number of carbonyl (C=O) groups is 2. The van der Waals surface area contributed by atoms with E-state index in [4.69, 9.17) is 9.26 Å². The van der Waals surface area contributed by atoms with Crippen molar-refractivity contribution in [1.29, 1.82) is 0 Å². The van der Waals surface area contributed by atoms with Gasteiger partial charge in [-0.2, -0.15) is 16.3 Å². The lowest BCUT2D eigenvalue weighted by Gasteiger charge is -2.05. The molecule has 0 spiro atoms. The van der Waals surface area contributed by atoms with E-state index in [2.05, 4.69) is 10.1 Å². The summed E-state index contributed by atoms with van der Waals surface area (Å²) >= 11 is 1.53. The number of ether oxygens (including phenoxy) is 1. The largest absolute Gasteiger partial charge is 0.456 e. The van der Waals surface area contributed by atoms with Gasteiger partial charge in [0.25, 0.3) is 5.89 Å². The van der Waals surface area contributed by atoms with Crippen LogP contribution in [0.25, 0.3) is 11.4 Å². The van der Waals surface area contributed by atoms with E-state index in [0.29, 0.717) is 11.4 Å². The predicted octanol–water partition coefficient (Wildman–Crippen LogP) is 4.12. The monoisotopic (exact) mass is 370 g/mol. The molecule has 0 unspecified atom stereocenters. The maximum Gasteiger partial charge on any atom is 0.306 e. The van der Waals surface area contributed by atoms with Crippen molar-refractivity contribution < 1.29 is 18.8 Å². The summed E-state index contributed by atoms with van der Waals surface area (Å²) in [4.78, 5) is 28.2. The van der Waals surface area contributed by atoms with Gasteiger partial charge in [-0.05, 0) is 42.5 Å². The number of esters is 1. The van der Waals surface area contributed by atoms with E-state index in [1.165, 1.54) is 11.3 Å². The van der Waals surface area contributed by atoms with Gasteiger partial charge < -0.3 is 9.26 Å². The Hall–Kier alpha value is -2.80. The first kappa shape index (κ1) is 18.0. The molecule has 0 aliphatic rings. The summed E-state index contributed by atoms with van der Waals surface area (Å²) in [5.74, 6) is 0.127. The van der Waals surface area contributed by atoms with E-state index >= 15 is 0 Å². The topological polar surface area (TPSA) is 82.3 Å². The minimum absolute atomic E-state index is 0.0112. The molecule has 134 valence electrons. The SMILES string of the molecule is Cc1ccc(C(=O)CCC(=O)OCc2nc(-c3ccsc3)no2)cc1C. The van der Waals surface area contributed by atoms with E-state index in [9.17, 15) is 9.59 Å². The van der Waals surface area contributed by atoms with Crippen molar-refractivity contribution in [2.24, 2.45) is 0 Å². The minimum Gasteiger partial charge on any atom is -0.456 e. The molecule has 0 saturated heterocycles. The minimum atomic E-state index is -0.475. The second-order valence-electron chi connectivity index (χ2n) is 5.91. The zero-order chi connectivity index (χ0) is 18.5. The van der Waals surface area contributed by atoms with Crippen LogP contribution >= 0.6 is 11.3 Å². The molecule has 2 heterocycles. The number of Topliss-reactive ketones (excluding diaryl/α,β-unsaturated/α-hetero) is 1. The molecule has 1 aromatic carbocycles. The molecule has 6 nitrogen and oxygen atoms in total. The molecule has 0 radical (unpaired) electrons. The fourth-order valence-corrected chi connectivity index (χ4v) is 2.95. The molecule has 0 aliphatic heterocycles. The molecular formula is C19H18N2O4S. The molecule has 7 heteroatoms. The Bertz CT molecular complexity index is 916. The molecule has 0 aliphatic carbocycles. The zero-order valence-electron chi connectivity index (χ0n) is 14.5. The van der Waals surface area contributed by atoms with Crippen LogP contribution in [0, 0.1) is 13.8 Å². The van der Waals surface area contributed by atoms with E-state index in [0.717, 1.165) is 16.7 Å². The highest BCUT2D eigenvalue weighted by atomic mass is 32.1. The van der Waals surface area contributed by atoms with E-state index in [-0.39, 0.29) is 31.1 Å². The molecule has 0 saturated carbocycles. The normalized spacial score (nSPS) is 10.7. The summed E-state index contributed by atoms with van der Waals surface area (Å²) in [7, 11) is 0. The first-order valence-corrected chi connectivity index (χ1v) is 9.08. The third kappa shape index (κ3) is 4.43. The highest BCUT2D eigenvalue weighted by Crippen LogP contribution is 2.19. The molecule has 0 bridgehead atoms. The molecule has 0 fully saturated rings. The highest BCUT2D eigenvalue weighted by molar-refractivity contribution is 7.08. The van der Waals surface area contributed by atoms with Crippen LogP contribution in [0.3, 0.4) is 0 Å². The van der Waals surface area contributed by atoms with Crippen LogP contribution in [-0.4, -0.2) is 21.9 Å². The van der Waals surface area contributed by atoms with Crippen LogP contribution in [0.5, 0.6) is 0 Å². The number of aromatic nitrogens is 2. The van der Waals surface area contributed by atoms with Gasteiger partial charge in [-0.1, -0.05) is 17.3 Å². The average Bonchev–Trinajstić information content (AvgIpc) is 3.31. The molecule has 0 amide bonds. The van der Waals surface area contributed by atoms with Crippen LogP contribution in [0.4, 0.5) is 0 Å². The van der Waals surface area contributed by atoms with Crippen molar-refractivity contribution in [2.45, 2.75) is 33.3 Å². The first-order chi connectivity index (χ1) is 12.5. The third-order valence-corrected chi connectivity index (χ3v) is 4.67. The van der Waals surface area contributed by atoms with Gasteiger partial charge in [0.15, 0.2) is 12.4 Å². The zero-order valence-corrected chi connectivity index (χ0v) is 15.3. The van der Waals surface area contributed by atoms with Crippen LogP contribution in [-0.2, 0) is 16.1 Å². The number of aryl methyl sites for hydroxylation is 2. The fourth-order valence-electron chi connectivity index (χ4n) is 2.31. The summed E-state index contributed by atoms with van der Waals surface area (Å²) in [6.07, 6.45) is 0.114. The van der Waals surface area contributed by atoms with Gasteiger partial charge in [0.05, 0.1) is 6.42 Å². The van der Waals surface area contributed by atoms with Gasteiger partial charge in [-0.15, -0.1) is 0 Å². The third-order valence-electron chi connectivity index (χ3n) is 3.99. The van der Waals surface area contributed by atoms with Crippen LogP contribution < -0.4 is 0 Å². The maximum atomic E-state index is 12.2. The van der Waals surface area contributed by atoms with Crippen molar-refractivity contribution in [1.82, 2.24) is 10.1 Å². The van der Waals surface area contributed by atoms with Crippen molar-refractivity contribution in [3.8, 4) is 11.4 Å². The smallest absolute Gasteiger partial charge is 0.306 e. The summed E-state index contributed by atoms with van der Waals surface area (Å²) < 4.78 is 10.2. The van der Waals surface area contributed by atoms with Gasteiger partial charge in [0.2, 0.25) is 5.82 Å². The lowest BCUT2D eigenvalue weighted by molar-refractivity contribution is -0.145. The Kier molecular flexibility index (Phi) is 5.58. The number of thiophene rings is 1. The van der Waals surface area contributed by atoms with Gasteiger partial charge in [0, 0.05) is 22.9 Å². The fraction of sp³-hybridized carbons (Fsp3) is 0.263. The molecule has 0 atom stereocenters. The average molecular weight is 370 g/mol. The van der Waals surface area contributed by atoms with E-state index in [1.807, 2.05) is 42.8 Å². The number of benzene rings is 1. The van der Waals surface area contributed by atoms with Crippen molar-refractivity contribution in [3.63, 3.8) is 0 Å². The Labute approximate surface area is 154 Å². The van der Waals surface area contributed by atoms with Crippen LogP contribution in [0.2, 0.25) is 0 Å². The first-order valence-electron chi connectivity index (χ1n) is 8.14. The number of carbonyl (C=O) groups excluding carboxylic acids is 2. The molecule has 0 N–H and O–H groups in total. The van der Waals surface area contributed by atoms with Crippen molar-refractivity contribution in [3.05, 3.63) is 57.6 Å². The van der Waals surface area contributed by atoms with Gasteiger partial charge >= 0.3 is 5.97 Å². The molecule has 2 aromatic heterocycles. The molecular weight excluding hydrogens is 352 g/mol. The quantitative estimate of drug-likeness (QED) is 0.459. The standard InChI is InChI=1S/C19H18N2O4S/c1-12-3-4-14(9-13(12)2)16(22)5-6-18(23)24-10-17-20-19(21-25-17)15-7-8-26-11-15/h3-4,7-9,11H,5-6,10H2,1-2H3. The number of nitrogens with zero attached hydrogens (tertiary/aromatic N) is 2. The second kappa shape index (κ2) is 8.05. The van der Waals surface area contributed by atoms with Crippen LogP contribution in [0.15, 0.2) is 39.5 Å². The lowest BCUT2D eigenvalue weighted by atomic mass is 10.0. The van der Waals surface area contributed by atoms with Gasteiger partial charge in [-0.25, -0.2) is 0 Å². The summed E-state index contributed by atoms with van der Waals surface area (Å²) in [6.45, 7) is 3.84. The Balaban J connectivity index is 1.47.